The van der Waals surface area contributed by atoms with Gasteiger partial charge in [-0.1, -0.05) is 42.6 Å². The van der Waals surface area contributed by atoms with Gasteiger partial charge in [-0.05, 0) is 57.1 Å². The number of likely N-dealkylation sites (N-methyl/N-ethyl adjacent to an activating group) is 1. The number of nitrogens with zero attached hydrogens (tertiary/aromatic N) is 5. The molecule has 1 aliphatic heterocycles. The summed E-state index contributed by atoms with van der Waals surface area (Å²) in [4.78, 5) is 22.1. The minimum atomic E-state index is -0.432. The van der Waals surface area contributed by atoms with Crippen LogP contribution in [0.15, 0.2) is 29.3 Å². The summed E-state index contributed by atoms with van der Waals surface area (Å²) in [7, 11) is 1.87. The molecule has 192 valence electrons. The zero-order valence-electron chi connectivity index (χ0n) is 21.1. The molecular formula is C28H30ClN5O2S. The fourth-order valence-corrected chi connectivity index (χ4v) is 8.20. The van der Waals surface area contributed by atoms with Crippen LogP contribution in [0, 0.1) is 12.8 Å². The molecule has 3 atom stereocenters. The Labute approximate surface area is 225 Å². The van der Waals surface area contributed by atoms with Gasteiger partial charge >= 0.3 is 0 Å². The van der Waals surface area contributed by atoms with Crippen LogP contribution >= 0.6 is 22.9 Å². The predicted molar refractivity (Wildman–Crippen MR) is 144 cm³/mol. The van der Waals surface area contributed by atoms with Crippen LogP contribution in [-0.4, -0.2) is 55.6 Å². The minimum Gasteiger partial charge on any atom is -0.391 e. The van der Waals surface area contributed by atoms with Crippen LogP contribution in [-0.2, 0) is 23.2 Å². The summed E-state index contributed by atoms with van der Waals surface area (Å²) in [6.45, 7) is 2.00. The van der Waals surface area contributed by atoms with E-state index in [-0.39, 0.29) is 23.4 Å². The molecule has 0 saturated heterocycles. The van der Waals surface area contributed by atoms with E-state index in [1.165, 1.54) is 10.4 Å². The van der Waals surface area contributed by atoms with Gasteiger partial charge in [0.15, 0.2) is 5.82 Å². The molecule has 0 bridgehead atoms. The highest BCUT2D eigenvalue weighted by atomic mass is 35.5. The second kappa shape index (κ2) is 8.48. The molecule has 7 rings (SSSR count). The maximum absolute atomic E-state index is 13.7. The number of rotatable bonds is 3. The lowest BCUT2D eigenvalue weighted by atomic mass is 9.90. The summed E-state index contributed by atoms with van der Waals surface area (Å²) < 4.78 is 2.19. The number of aliphatic hydroxyl groups excluding tert-OH is 1. The zero-order chi connectivity index (χ0) is 25.5. The summed E-state index contributed by atoms with van der Waals surface area (Å²) >= 11 is 8.49. The van der Waals surface area contributed by atoms with Crippen molar-refractivity contribution in [2.24, 2.45) is 10.9 Å². The van der Waals surface area contributed by atoms with Gasteiger partial charge in [0.25, 0.3) is 0 Å². The third-order valence-electron chi connectivity index (χ3n) is 8.70. The SMILES string of the molecule is Cc1nnc2n1-c1sc3c(c1C(c1ccccc1Cl)=NC21CC1)C[C@H](C(=O)N(C)[C@@H]1CCCC[C@@H]1O)C3. The Balaban J connectivity index is 1.32. The van der Waals surface area contributed by atoms with Gasteiger partial charge in [0.1, 0.15) is 16.4 Å². The number of aliphatic hydroxyl groups is 1. The van der Waals surface area contributed by atoms with Gasteiger partial charge in [0.05, 0.1) is 17.9 Å². The van der Waals surface area contributed by atoms with Crippen LogP contribution in [0.5, 0.6) is 0 Å². The fraction of sp³-hybridized carbons (Fsp3) is 0.500. The molecule has 1 N–H and O–H groups in total. The number of halogens is 1. The number of amides is 1. The average Bonchev–Trinajstić information content (AvgIpc) is 3.23. The molecule has 1 aromatic carbocycles. The van der Waals surface area contributed by atoms with E-state index in [9.17, 15) is 9.90 Å². The lowest BCUT2D eigenvalue weighted by Crippen LogP contribution is -2.48. The Bertz CT molecular complexity index is 1450. The average molecular weight is 536 g/mol. The lowest BCUT2D eigenvalue weighted by molar-refractivity contribution is -0.139. The van der Waals surface area contributed by atoms with Crippen molar-refractivity contribution in [2.45, 2.75) is 76.0 Å². The van der Waals surface area contributed by atoms with Gasteiger partial charge in [-0.3, -0.25) is 14.4 Å². The number of thiophene rings is 1. The summed E-state index contributed by atoms with van der Waals surface area (Å²) in [5.41, 5.74) is 3.74. The molecule has 3 heterocycles. The molecule has 0 radical (unpaired) electrons. The quantitative estimate of drug-likeness (QED) is 0.531. The van der Waals surface area contributed by atoms with Gasteiger partial charge in [0, 0.05) is 34.0 Å². The van der Waals surface area contributed by atoms with Gasteiger partial charge in [-0.15, -0.1) is 21.5 Å². The Kier molecular flexibility index (Phi) is 5.40. The van der Waals surface area contributed by atoms with Crippen LogP contribution in [0.1, 0.15) is 71.7 Å². The third kappa shape index (κ3) is 3.56. The van der Waals surface area contributed by atoms with Crippen molar-refractivity contribution in [1.29, 1.82) is 0 Å². The van der Waals surface area contributed by atoms with Crippen molar-refractivity contribution in [2.75, 3.05) is 7.05 Å². The van der Waals surface area contributed by atoms with E-state index in [4.69, 9.17) is 16.6 Å². The number of carbonyl (C=O) groups excluding carboxylic acids is 1. The molecule has 3 aliphatic carbocycles. The van der Waals surface area contributed by atoms with Crippen molar-refractivity contribution in [3.8, 4) is 5.00 Å². The van der Waals surface area contributed by atoms with E-state index >= 15 is 0 Å². The van der Waals surface area contributed by atoms with E-state index in [1.807, 2.05) is 43.1 Å². The van der Waals surface area contributed by atoms with E-state index in [0.29, 0.717) is 17.9 Å². The van der Waals surface area contributed by atoms with Gasteiger partial charge in [-0.25, -0.2) is 0 Å². The first kappa shape index (κ1) is 23.6. The first-order chi connectivity index (χ1) is 17.9. The molecule has 0 unspecified atom stereocenters. The second-order valence-electron chi connectivity index (χ2n) is 11.0. The number of fused-ring (bicyclic) bond motifs is 6. The maximum Gasteiger partial charge on any atom is 0.226 e. The van der Waals surface area contributed by atoms with Crippen LogP contribution in [0.3, 0.4) is 0 Å². The Hall–Kier alpha value is -2.55. The predicted octanol–water partition coefficient (Wildman–Crippen LogP) is 4.61. The van der Waals surface area contributed by atoms with Crippen LogP contribution in [0.4, 0.5) is 0 Å². The second-order valence-corrected chi connectivity index (χ2v) is 12.5. The number of aliphatic imine (C=N–C) groups is 1. The number of hydrogen-bond donors (Lipinski definition) is 1. The highest BCUT2D eigenvalue weighted by Gasteiger charge is 2.52. The fourth-order valence-electron chi connectivity index (χ4n) is 6.52. The number of benzene rings is 1. The van der Waals surface area contributed by atoms with E-state index in [1.54, 1.807) is 11.3 Å². The van der Waals surface area contributed by atoms with Crippen molar-refractivity contribution < 1.29 is 9.90 Å². The standard InChI is InChI=1S/C28H30ClN5O2S/c1-15-31-32-27-28(11-12-28)30-24(17-7-3-4-8-19(17)29)23-18-13-16(14-22(18)37-26(23)34(15)27)25(36)33(2)20-9-5-6-10-21(20)35/h3-4,7-8,16,20-21,35H,5-6,9-14H2,1-2H3/t16-,20+,21-/m0/s1. The molecule has 2 aromatic heterocycles. The first-order valence-electron chi connectivity index (χ1n) is 13.3. The van der Waals surface area contributed by atoms with Gasteiger partial charge < -0.3 is 10.0 Å². The molecule has 1 spiro atoms. The monoisotopic (exact) mass is 535 g/mol. The topological polar surface area (TPSA) is 83.6 Å². The molecule has 37 heavy (non-hydrogen) atoms. The van der Waals surface area contributed by atoms with E-state index in [2.05, 4.69) is 14.8 Å². The molecule has 2 saturated carbocycles. The number of aromatic nitrogens is 3. The molecule has 7 nitrogen and oxygen atoms in total. The lowest BCUT2D eigenvalue weighted by Gasteiger charge is -2.36. The normalized spacial score (nSPS) is 25.2. The highest BCUT2D eigenvalue weighted by molar-refractivity contribution is 7.15. The van der Waals surface area contributed by atoms with Crippen LogP contribution in [0.25, 0.3) is 5.00 Å². The number of aryl methyl sites for hydroxylation is 1. The molecule has 3 aromatic rings. The van der Waals surface area contributed by atoms with Crippen molar-refractivity contribution in [1.82, 2.24) is 19.7 Å². The zero-order valence-corrected chi connectivity index (χ0v) is 22.6. The summed E-state index contributed by atoms with van der Waals surface area (Å²) in [6.07, 6.45) is 6.54. The summed E-state index contributed by atoms with van der Waals surface area (Å²) in [5, 5.41) is 21.3. The van der Waals surface area contributed by atoms with Crippen LogP contribution < -0.4 is 0 Å². The Morgan fingerprint density at radius 3 is 2.73 bits per heavy atom. The van der Waals surface area contributed by atoms with Gasteiger partial charge in [0.2, 0.25) is 5.91 Å². The molecule has 4 aliphatic rings. The van der Waals surface area contributed by atoms with Crippen molar-refractivity contribution in [3.05, 3.63) is 62.5 Å². The highest BCUT2D eigenvalue weighted by Crippen LogP contribution is 2.54. The van der Waals surface area contributed by atoms with Gasteiger partial charge in [-0.2, -0.15) is 0 Å². The minimum absolute atomic E-state index is 0.0887. The summed E-state index contributed by atoms with van der Waals surface area (Å²) in [6, 6.07) is 7.81. The molecule has 1 amide bonds. The van der Waals surface area contributed by atoms with E-state index < -0.39 is 6.10 Å². The number of hydrogen-bond acceptors (Lipinski definition) is 6. The van der Waals surface area contributed by atoms with E-state index in [0.717, 1.165) is 72.0 Å². The summed E-state index contributed by atoms with van der Waals surface area (Å²) in [5.74, 6) is 1.77. The Morgan fingerprint density at radius 2 is 1.97 bits per heavy atom. The third-order valence-corrected chi connectivity index (χ3v) is 10.3. The number of carbonyl (C=O) groups is 1. The van der Waals surface area contributed by atoms with Crippen molar-refractivity contribution in [3.63, 3.8) is 0 Å². The molecular weight excluding hydrogens is 506 g/mol. The smallest absolute Gasteiger partial charge is 0.226 e. The van der Waals surface area contributed by atoms with Crippen molar-refractivity contribution >= 4 is 34.6 Å². The molecule has 9 heteroatoms. The Morgan fingerprint density at radius 1 is 1.19 bits per heavy atom. The van der Waals surface area contributed by atoms with Crippen LogP contribution in [0.2, 0.25) is 5.02 Å². The largest absolute Gasteiger partial charge is 0.391 e. The first-order valence-corrected chi connectivity index (χ1v) is 14.4. The maximum atomic E-state index is 13.7. The molecule has 2 fully saturated rings.